The fraction of sp³-hybridized carbons (Fsp3) is 0.786. The Morgan fingerprint density at radius 1 is 0.951 bits per heavy atom. The molecule has 5 rings (SSSR count). The van der Waals surface area contributed by atoms with Gasteiger partial charge in [-0.3, -0.25) is 0 Å². The maximum Gasteiger partial charge on any atom is 0.426 e. The van der Waals surface area contributed by atoms with Gasteiger partial charge in [-0.05, 0) is 57.8 Å². The first-order valence-corrected chi connectivity index (χ1v) is 15.3. The predicted molar refractivity (Wildman–Crippen MR) is 168 cm³/mol. The molecule has 5 N–H and O–H groups in total. The average Bonchev–Trinajstić information content (AvgIpc) is 3.61. The van der Waals surface area contributed by atoms with Crippen molar-refractivity contribution in [1.82, 2.24) is 29.9 Å². The number of carbonyl (C=O) groups excluding carboxylic acids is 1. The summed E-state index contributed by atoms with van der Waals surface area (Å²) < 4.78 is 2.26. The highest BCUT2D eigenvalue weighted by Gasteiger charge is 2.27. The van der Waals surface area contributed by atoms with Gasteiger partial charge in [0, 0.05) is 43.8 Å². The van der Waals surface area contributed by atoms with E-state index < -0.39 is 0 Å². The molecule has 0 bridgehead atoms. The Hall–Kier alpha value is -2.08. The van der Waals surface area contributed by atoms with Crippen LogP contribution in [0.15, 0.2) is 6.33 Å². The zero-order valence-electron chi connectivity index (χ0n) is 24.4. The summed E-state index contributed by atoms with van der Waals surface area (Å²) in [6.07, 6.45) is 16.8. The molecule has 0 unspecified atom stereocenters. The Morgan fingerprint density at radius 3 is 2.37 bits per heavy atom. The second-order valence-electron chi connectivity index (χ2n) is 11.6. The van der Waals surface area contributed by atoms with Crippen LogP contribution in [0.3, 0.4) is 0 Å². The number of aromatic nitrogens is 4. The molecule has 41 heavy (non-hydrogen) atoms. The van der Waals surface area contributed by atoms with Gasteiger partial charge in [0.25, 0.3) is 0 Å². The summed E-state index contributed by atoms with van der Waals surface area (Å²) in [5.74, 6) is 1.46. The second kappa shape index (κ2) is 16.5. The monoisotopic (exact) mass is 613 g/mol. The minimum absolute atomic E-state index is 0. The largest absolute Gasteiger partial charge is 0.426 e. The van der Waals surface area contributed by atoms with Crippen LogP contribution in [0.2, 0.25) is 0 Å². The summed E-state index contributed by atoms with van der Waals surface area (Å²) >= 11 is 0. The molecule has 0 aromatic carbocycles. The third kappa shape index (κ3) is 9.20. The summed E-state index contributed by atoms with van der Waals surface area (Å²) in [6, 6.07) is 1.32. The van der Waals surface area contributed by atoms with Gasteiger partial charge < -0.3 is 31.1 Å². The van der Waals surface area contributed by atoms with Gasteiger partial charge in [-0.1, -0.05) is 39.0 Å². The number of rotatable bonds is 11. The summed E-state index contributed by atoms with van der Waals surface area (Å²) in [5.41, 5.74) is 7.87. The van der Waals surface area contributed by atoms with E-state index in [-0.39, 0.29) is 36.9 Å². The lowest BCUT2D eigenvalue weighted by Crippen LogP contribution is -2.42. The Labute approximate surface area is 256 Å². The van der Waals surface area contributed by atoms with Crippen molar-refractivity contribution in [2.45, 2.75) is 121 Å². The van der Waals surface area contributed by atoms with Crippen molar-refractivity contribution in [1.29, 1.82) is 0 Å². The molecule has 0 atom stereocenters. The van der Waals surface area contributed by atoms with Crippen LogP contribution < -0.4 is 21.7 Å². The normalized spacial score (nSPS) is 22.1. The number of imidazole rings is 1. The number of nitrogens with one attached hydrogen (secondary N) is 3. The van der Waals surface area contributed by atoms with Crippen molar-refractivity contribution in [3.8, 4) is 0 Å². The lowest BCUT2D eigenvalue weighted by molar-refractivity contribution is -0.112. The quantitative estimate of drug-likeness (QED) is 0.240. The number of hydroxylamine groups is 2. The SMILES string of the molecule is CCCCCCNC(=O)ON1CCC(Nc2nc(NC3CCC(N)CC3)nc3c2ncn3C2CCCC2)CC1.Cl.Cl. The first-order valence-electron chi connectivity index (χ1n) is 15.3. The molecular weight excluding hydrogens is 565 g/mol. The highest BCUT2D eigenvalue weighted by molar-refractivity contribution is 5.86. The summed E-state index contributed by atoms with van der Waals surface area (Å²) in [6.45, 7) is 4.21. The number of anilines is 2. The Morgan fingerprint density at radius 2 is 1.66 bits per heavy atom. The molecule has 2 aromatic rings. The number of nitrogens with two attached hydrogens (primary N) is 1. The molecule has 232 valence electrons. The standard InChI is InChI=1S/C28H47N9O2.2ClH/c1-2-3-4-7-16-30-28(38)39-36-17-14-22(15-18-36)32-25-24-26(37(19-31-24)23-8-5-6-9-23)35-27(34-25)33-21-12-10-20(29)11-13-21;;/h19-23H,2-18,29H2,1H3,(H,30,38)(H2,32,33,34,35);2*1H. The highest BCUT2D eigenvalue weighted by Crippen LogP contribution is 2.34. The van der Waals surface area contributed by atoms with Gasteiger partial charge in [-0.2, -0.15) is 9.97 Å². The van der Waals surface area contributed by atoms with E-state index in [0.717, 1.165) is 68.3 Å². The smallest absolute Gasteiger partial charge is 0.365 e. The Balaban J connectivity index is 0.00000231. The molecule has 11 nitrogen and oxygen atoms in total. The van der Waals surface area contributed by atoms with Crippen molar-refractivity contribution < 1.29 is 9.63 Å². The number of carbonyl (C=O) groups is 1. The predicted octanol–water partition coefficient (Wildman–Crippen LogP) is 5.56. The number of fused-ring (bicyclic) bond motifs is 1. The molecule has 0 radical (unpaired) electrons. The zero-order chi connectivity index (χ0) is 27.0. The number of halogens is 2. The second-order valence-corrected chi connectivity index (χ2v) is 11.6. The molecule has 13 heteroatoms. The minimum atomic E-state index is -0.354. The van der Waals surface area contributed by atoms with Gasteiger partial charge >= 0.3 is 6.09 Å². The van der Waals surface area contributed by atoms with E-state index in [0.29, 0.717) is 43.7 Å². The van der Waals surface area contributed by atoms with Crippen LogP contribution in [0.5, 0.6) is 0 Å². The number of amides is 1. The Kier molecular flexibility index (Phi) is 13.5. The van der Waals surface area contributed by atoms with E-state index >= 15 is 0 Å². The van der Waals surface area contributed by atoms with E-state index in [4.69, 9.17) is 25.5 Å². The third-order valence-electron chi connectivity index (χ3n) is 8.55. The Bertz CT molecular complexity index is 1070. The van der Waals surface area contributed by atoms with Crippen molar-refractivity contribution in [2.24, 2.45) is 5.73 Å². The molecule has 2 aliphatic carbocycles. The maximum atomic E-state index is 12.2. The molecule has 2 saturated carbocycles. The van der Waals surface area contributed by atoms with Gasteiger partial charge in [0.1, 0.15) is 0 Å². The van der Waals surface area contributed by atoms with Crippen LogP contribution in [0.4, 0.5) is 16.6 Å². The minimum Gasteiger partial charge on any atom is -0.365 e. The number of nitrogens with zero attached hydrogens (tertiary/aromatic N) is 5. The van der Waals surface area contributed by atoms with E-state index in [9.17, 15) is 4.79 Å². The van der Waals surface area contributed by atoms with Gasteiger partial charge in [0.15, 0.2) is 17.0 Å². The zero-order valence-corrected chi connectivity index (χ0v) is 26.0. The van der Waals surface area contributed by atoms with Crippen molar-refractivity contribution in [3.63, 3.8) is 0 Å². The van der Waals surface area contributed by atoms with Gasteiger partial charge in [-0.15, -0.1) is 29.9 Å². The molecule has 0 spiro atoms. The summed E-state index contributed by atoms with van der Waals surface area (Å²) in [5, 5.41) is 11.9. The van der Waals surface area contributed by atoms with Gasteiger partial charge in [0.05, 0.1) is 6.33 Å². The molecular formula is C28H49Cl2N9O2. The number of hydrogen-bond acceptors (Lipinski definition) is 9. The number of piperidine rings is 1. The molecule has 1 aliphatic heterocycles. The first-order chi connectivity index (χ1) is 19.1. The molecule has 3 heterocycles. The van der Waals surface area contributed by atoms with E-state index in [2.05, 4.69) is 27.4 Å². The van der Waals surface area contributed by atoms with Crippen LogP contribution in [-0.2, 0) is 4.84 Å². The molecule has 1 amide bonds. The topological polar surface area (TPSA) is 135 Å². The average molecular weight is 615 g/mol. The van der Waals surface area contributed by atoms with E-state index in [1.54, 1.807) is 5.06 Å². The maximum absolute atomic E-state index is 12.2. The molecule has 2 aromatic heterocycles. The molecule has 3 fully saturated rings. The third-order valence-corrected chi connectivity index (χ3v) is 8.55. The van der Waals surface area contributed by atoms with Crippen LogP contribution in [0, 0.1) is 0 Å². The highest BCUT2D eigenvalue weighted by atomic mass is 35.5. The fourth-order valence-corrected chi connectivity index (χ4v) is 6.15. The van der Waals surface area contributed by atoms with Crippen LogP contribution >= 0.6 is 24.8 Å². The van der Waals surface area contributed by atoms with E-state index in [1.807, 2.05) is 6.33 Å². The van der Waals surface area contributed by atoms with Crippen molar-refractivity contribution >= 4 is 53.8 Å². The molecule has 3 aliphatic rings. The van der Waals surface area contributed by atoms with E-state index in [1.165, 1.54) is 38.5 Å². The van der Waals surface area contributed by atoms with Crippen molar-refractivity contribution in [2.75, 3.05) is 30.3 Å². The number of hydrogen-bond donors (Lipinski definition) is 4. The first kappa shape index (κ1) is 33.4. The van der Waals surface area contributed by atoms with Crippen LogP contribution in [-0.4, -0.2) is 68.4 Å². The molecule has 1 saturated heterocycles. The lowest BCUT2D eigenvalue weighted by Gasteiger charge is -2.31. The lowest BCUT2D eigenvalue weighted by atomic mass is 9.92. The number of unbranched alkanes of at least 4 members (excludes halogenated alkanes) is 3. The summed E-state index contributed by atoms with van der Waals surface area (Å²) in [7, 11) is 0. The van der Waals surface area contributed by atoms with Crippen LogP contribution in [0.25, 0.3) is 11.2 Å². The fourth-order valence-electron chi connectivity index (χ4n) is 6.15. The summed E-state index contributed by atoms with van der Waals surface area (Å²) in [4.78, 5) is 32.4. The van der Waals surface area contributed by atoms with Crippen molar-refractivity contribution in [3.05, 3.63) is 6.33 Å². The van der Waals surface area contributed by atoms with Gasteiger partial charge in [-0.25, -0.2) is 9.78 Å². The van der Waals surface area contributed by atoms with Gasteiger partial charge in [0.2, 0.25) is 5.95 Å². The van der Waals surface area contributed by atoms with Crippen LogP contribution in [0.1, 0.15) is 103 Å².